The van der Waals surface area contributed by atoms with Gasteiger partial charge < -0.3 is 9.88 Å². The van der Waals surface area contributed by atoms with Gasteiger partial charge in [-0.05, 0) is 74.7 Å². The quantitative estimate of drug-likeness (QED) is 0.260. The van der Waals surface area contributed by atoms with Crippen molar-refractivity contribution in [3.63, 3.8) is 0 Å². The van der Waals surface area contributed by atoms with Gasteiger partial charge in [-0.3, -0.25) is 4.90 Å². The largest absolute Gasteiger partial charge is 0.357 e. The SMILES string of the molecule is Cc1ccc(S(=O)(=O)n2cc(CCCCN3CCN(c4ncnc5cc[nH]c45)CC3)c3cc(Cl)ccc32)cc1. The Morgan fingerprint density at radius 2 is 1.77 bits per heavy atom. The number of fused-ring (bicyclic) bond motifs is 2. The minimum atomic E-state index is -3.71. The standard InChI is InChI=1S/C29H31ClN6O2S/c1-21-5-8-24(9-6-21)39(37,38)36-19-22(25-18-23(30)7-10-27(25)36)4-2-3-13-34-14-16-35(17-15-34)29-28-26(11-12-31-28)32-20-33-29/h5-12,18-20,31H,2-4,13-17H2,1H3. The lowest BCUT2D eigenvalue weighted by Crippen LogP contribution is -2.47. The number of hydrogen-bond acceptors (Lipinski definition) is 6. The second kappa shape index (κ2) is 10.6. The van der Waals surface area contributed by atoms with Crippen molar-refractivity contribution in [1.29, 1.82) is 0 Å². The summed E-state index contributed by atoms with van der Waals surface area (Å²) in [4.78, 5) is 17.2. The van der Waals surface area contributed by atoms with E-state index in [1.165, 1.54) is 3.97 Å². The Kier molecular flexibility index (Phi) is 7.05. The van der Waals surface area contributed by atoms with E-state index in [0.29, 0.717) is 10.5 Å². The lowest BCUT2D eigenvalue weighted by molar-refractivity contribution is 0.252. The van der Waals surface area contributed by atoms with Gasteiger partial charge in [0.15, 0.2) is 5.82 Å². The molecule has 39 heavy (non-hydrogen) atoms. The van der Waals surface area contributed by atoms with Crippen LogP contribution in [-0.4, -0.2) is 65.0 Å². The average Bonchev–Trinajstić information content (AvgIpc) is 3.57. The number of aromatic amines is 1. The van der Waals surface area contributed by atoms with Crippen molar-refractivity contribution in [3.8, 4) is 0 Å². The van der Waals surface area contributed by atoms with Gasteiger partial charge in [-0.15, -0.1) is 0 Å². The third-order valence-electron chi connectivity index (χ3n) is 7.56. The molecule has 0 saturated carbocycles. The Morgan fingerprint density at radius 1 is 0.974 bits per heavy atom. The van der Waals surface area contributed by atoms with Crippen molar-refractivity contribution < 1.29 is 8.42 Å². The summed E-state index contributed by atoms with van der Waals surface area (Å²) in [6.07, 6.45) is 8.10. The van der Waals surface area contributed by atoms with E-state index in [1.54, 1.807) is 36.8 Å². The Morgan fingerprint density at radius 3 is 2.56 bits per heavy atom. The van der Waals surface area contributed by atoms with Crippen LogP contribution in [0.1, 0.15) is 24.0 Å². The number of aromatic nitrogens is 4. The first kappa shape index (κ1) is 25.9. The number of benzene rings is 2. The molecule has 202 valence electrons. The van der Waals surface area contributed by atoms with E-state index in [2.05, 4.69) is 24.8 Å². The summed E-state index contributed by atoms with van der Waals surface area (Å²) in [6, 6.07) is 14.4. The fraction of sp³-hybridized carbons (Fsp3) is 0.310. The zero-order valence-electron chi connectivity index (χ0n) is 21.8. The molecule has 1 saturated heterocycles. The number of H-pyrrole nitrogens is 1. The van der Waals surface area contributed by atoms with Crippen molar-refractivity contribution in [2.24, 2.45) is 0 Å². The third kappa shape index (κ3) is 5.14. The highest BCUT2D eigenvalue weighted by molar-refractivity contribution is 7.90. The van der Waals surface area contributed by atoms with Gasteiger partial charge in [-0.25, -0.2) is 22.4 Å². The zero-order chi connectivity index (χ0) is 27.0. The molecule has 8 nitrogen and oxygen atoms in total. The lowest BCUT2D eigenvalue weighted by Gasteiger charge is -2.35. The number of aryl methyl sites for hydroxylation is 2. The van der Waals surface area contributed by atoms with Gasteiger partial charge >= 0.3 is 0 Å². The second-order valence-corrected chi connectivity index (χ2v) is 12.4. The number of nitrogens with zero attached hydrogens (tertiary/aromatic N) is 5. The van der Waals surface area contributed by atoms with Gasteiger partial charge in [-0.1, -0.05) is 29.3 Å². The number of piperazine rings is 1. The minimum Gasteiger partial charge on any atom is -0.357 e. The van der Waals surface area contributed by atoms with Crippen LogP contribution in [0.5, 0.6) is 0 Å². The maximum atomic E-state index is 13.5. The molecule has 0 unspecified atom stereocenters. The highest BCUT2D eigenvalue weighted by Gasteiger charge is 2.22. The first-order valence-electron chi connectivity index (χ1n) is 13.3. The van der Waals surface area contributed by atoms with Crippen LogP contribution in [0.3, 0.4) is 0 Å². The normalized spacial score (nSPS) is 15.0. The van der Waals surface area contributed by atoms with Gasteiger partial charge in [-0.2, -0.15) is 0 Å². The second-order valence-electron chi connectivity index (χ2n) is 10.2. The van der Waals surface area contributed by atoms with Crippen LogP contribution in [0.15, 0.2) is 72.1 Å². The highest BCUT2D eigenvalue weighted by atomic mass is 35.5. The first-order valence-corrected chi connectivity index (χ1v) is 15.1. The number of hydrogen-bond donors (Lipinski definition) is 1. The fourth-order valence-electron chi connectivity index (χ4n) is 5.39. The Labute approximate surface area is 233 Å². The van der Waals surface area contributed by atoms with Crippen LogP contribution in [0.25, 0.3) is 21.9 Å². The molecular formula is C29H31ClN6O2S. The van der Waals surface area contributed by atoms with E-state index in [4.69, 9.17) is 11.6 Å². The predicted octanol–water partition coefficient (Wildman–Crippen LogP) is 5.26. The maximum absolute atomic E-state index is 13.5. The van der Waals surface area contributed by atoms with Crippen LogP contribution in [0.2, 0.25) is 5.02 Å². The topological polar surface area (TPSA) is 87.1 Å². The number of nitrogens with one attached hydrogen (secondary N) is 1. The molecule has 0 bridgehead atoms. The summed E-state index contributed by atoms with van der Waals surface area (Å²) in [6.45, 7) is 6.77. The summed E-state index contributed by atoms with van der Waals surface area (Å²) in [5.74, 6) is 0.972. The number of rotatable bonds is 8. The molecule has 1 N–H and O–H groups in total. The molecule has 1 aliphatic rings. The van der Waals surface area contributed by atoms with Crippen molar-refractivity contribution in [2.75, 3.05) is 37.6 Å². The fourth-order valence-corrected chi connectivity index (χ4v) is 6.96. The molecule has 10 heteroatoms. The molecule has 2 aromatic carbocycles. The third-order valence-corrected chi connectivity index (χ3v) is 9.48. The number of anilines is 1. The molecule has 1 fully saturated rings. The van der Waals surface area contributed by atoms with E-state index < -0.39 is 10.0 Å². The van der Waals surface area contributed by atoms with Crippen molar-refractivity contribution in [1.82, 2.24) is 23.8 Å². The van der Waals surface area contributed by atoms with Crippen molar-refractivity contribution in [3.05, 3.63) is 83.4 Å². The molecule has 1 aliphatic heterocycles. The summed E-state index contributed by atoms with van der Waals surface area (Å²) < 4.78 is 28.4. The van der Waals surface area contributed by atoms with E-state index in [0.717, 1.165) is 85.4 Å². The molecule has 0 aliphatic carbocycles. The molecule has 6 rings (SSSR count). The molecule has 3 aromatic heterocycles. The summed E-state index contributed by atoms with van der Waals surface area (Å²) in [5, 5.41) is 1.50. The van der Waals surface area contributed by atoms with Gasteiger partial charge in [0.25, 0.3) is 10.0 Å². The average molecular weight is 563 g/mol. The van der Waals surface area contributed by atoms with E-state index in [-0.39, 0.29) is 4.90 Å². The van der Waals surface area contributed by atoms with Crippen molar-refractivity contribution in [2.45, 2.75) is 31.1 Å². The smallest absolute Gasteiger partial charge is 0.268 e. The molecule has 4 heterocycles. The van der Waals surface area contributed by atoms with Crippen LogP contribution < -0.4 is 4.90 Å². The molecule has 0 spiro atoms. The molecule has 5 aromatic rings. The molecule has 0 radical (unpaired) electrons. The van der Waals surface area contributed by atoms with Crippen LogP contribution in [0, 0.1) is 6.92 Å². The Hall–Kier alpha value is -3.40. The van der Waals surface area contributed by atoms with E-state index in [9.17, 15) is 8.42 Å². The summed E-state index contributed by atoms with van der Waals surface area (Å²) in [5.41, 5.74) is 4.62. The monoisotopic (exact) mass is 562 g/mol. The van der Waals surface area contributed by atoms with Crippen LogP contribution in [0.4, 0.5) is 5.82 Å². The van der Waals surface area contributed by atoms with Gasteiger partial charge in [0.05, 0.1) is 15.9 Å². The molecular weight excluding hydrogens is 532 g/mol. The summed E-state index contributed by atoms with van der Waals surface area (Å²) >= 11 is 6.31. The molecule has 0 atom stereocenters. The number of unbranched alkanes of at least 4 members (excludes halogenated alkanes) is 1. The minimum absolute atomic E-state index is 0.282. The predicted molar refractivity (Wildman–Crippen MR) is 156 cm³/mol. The van der Waals surface area contributed by atoms with Crippen LogP contribution in [-0.2, 0) is 16.4 Å². The molecule has 0 amide bonds. The zero-order valence-corrected chi connectivity index (χ0v) is 23.4. The van der Waals surface area contributed by atoms with Gasteiger partial charge in [0.1, 0.15) is 11.8 Å². The Bertz CT molecular complexity index is 1720. The van der Waals surface area contributed by atoms with E-state index >= 15 is 0 Å². The highest BCUT2D eigenvalue weighted by Crippen LogP contribution is 2.30. The van der Waals surface area contributed by atoms with E-state index in [1.807, 2.05) is 37.4 Å². The number of halogens is 1. The van der Waals surface area contributed by atoms with Gasteiger partial charge in [0, 0.05) is 49.0 Å². The van der Waals surface area contributed by atoms with Crippen molar-refractivity contribution >= 4 is 49.4 Å². The Balaban J connectivity index is 1.10. The maximum Gasteiger partial charge on any atom is 0.268 e. The first-order chi connectivity index (χ1) is 18.9. The van der Waals surface area contributed by atoms with Gasteiger partial charge in [0.2, 0.25) is 0 Å². The van der Waals surface area contributed by atoms with Crippen LogP contribution >= 0.6 is 11.6 Å². The lowest BCUT2D eigenvalue weighted by atomic mass is 10.1. The summed E-state index contributed by atoms with van der Waals surface area (Å²) in [7, 11) is -3.71.